The van der Waals surface area contributed by atoms with Gasteiger partial charge in [0.2, 0.25) is 0 Å². The number of hydrogen-bond donors (Lipinski definition) is 0. The van der Waals surface area contributed by atoms with Crippen molar-refractivity contribution in [2.75, 3.05) is 6.54 Å². The van der Waals surface area contributed by atoms with Crippen LogP contribution in [0.2, 0.25) is 0 Å². The van der Waals surface area contributed by atoms with Crippen molar-refractivity contribution in [3.05, 3.63) is 30.1 Å². The summed E-state index contributed by atoms with van der Waals surface area (Å²) in [4.78, 5) is 30.5. The first-order chi connectivity index (χ1) is 10.9. The Labute approximate surface area is 138 Å². The molecule has 1 unspecified atom stereocenters. The van der Waals surface area contributed by atoms with Crippen LogP contribution in [-0.2, 0) is 9.53 Å². The number of piperidine rings is 1. The zero-order valence-corrected chi connectivity index (χ0v) is 14.2. The van der Waals surface area contributed by atoms with Gasteiger partial charge in [-0.2, -0.15) is 0 Å². The molecule has 1 aliphatic heterocycles. The van der Waals surface area contributed by atoms with E-state index in [2.05, 4.69) is 4.98 Å². The van der Waals surface area contributed by atoms with Crippen molar-refractivity contribution in [3.63, 3.8) is 0 Å². The van der Waals surface area contributed by atoms with Crippen LogP contribution in [0, 0.1) is 0 Å². The number of amides is 1. The summed E-state index contributed by atoms with van der Waals surface area (Å²) in [5, 5.41) is 0. The van der Waals surface area contributed by atoms with Crippen molar-refractivity contribution < 1.29 is 14.3 Å². The number of esters is 1. The van der Waals surface area contributed by atoms with E-state index in [4.69, 9.17) is 4.74 Å². The maximum absolute atomic E-state index is 12.7. The van der Waals surface area contributed by atoms with Gasteiger partial charge in [0.05, 0.1) is 5.56 Å². The molecule has 5 heteroatoms. The molecule has 0 radical (unpaired) electrons. The average Bonchev–Trinajstić information content (AvgIpc) is 2.52. The lowest BCUT2D eigenvalue weighted by Gasteiger charge is -2.36. The molecule has 1 amide bonds. The summed E-state index contributed by atoms with van der Waals surface area (Å²) in [5.74, 6) is -0.191. The summed E-state index contributed by atoms with van der Waals surface area (Å²) in [7, 11) is 0. The Bertz CT molecular complexity index is 537. The van der Waals surface area contributed by atoms with Gasteiger partial charge in [-0.05, 0) is 58.6 Å². The molecule has 0 N–H and O–H groups in total. The minimum absolute atomic E-state index is 0.00647. The third-order valence-corrected chi connectivity index (χ3v) is 3.90. The van der Waals surface area contributed by atoms with Gasteiger partial charge in [0, 0.05) is 31.4 Å². The molecule has 1 aromatic heterocycles. The van der Waals surface area contributed by atoms with E-state index >= 15 is 0 Å². The Kier molecular flexibility index (Phi) is 5.74. The Morgan fingerprint density at radius 1 is 1.35 bits per heavy atom. The third kappa shape index (κ3) is 5.34. The molecule has 2 heterocycles. The van der Waals surface area contributed by atoms with Crippen LogP contribution >= 0.6 is 0 Å². The second kappa shape index (κ2) is 7.57. The molecular formula is C18H26N2O3. The molecule has 0 aliphatic carbocycles. The van der Waals surface area contributed by atoms with Gasteiger partial charge in [-0.25, -0.2) is 0 Å². The Balaban J connectivity index is 1.96. The summed E-state index contributed by atoms with van der Waals surface area (Å²) < 4.78 is 5.36. The van der Waals surface area contributed by atoms with Crippen molar-refractivity contribution >= 4 is 11.9 Å². The maximum Gasteiger partial charge on any atom is 0.306 e. The van der Waals surface area contributed by atoms with Crippen molar-refractivity contribution in [3.8, 4) is 0 Å². The lowest BCUT2D eigenvalue weighted by atomic mass is 9.97. The van der Waals surface area contributed by atoms with Crippen molar-refractivity contribution in [1.29, 1.82) is 0 Å². The van der Waals surface area contributed by atoms with Gasteiger partial charge in [-0.15, -0.1) is 0 Å². The summed E-state index contributed by atoms with van der Waals surface area (Å²) in [6.45, 7) is 6.34. The molecule has 1 saturated heterocycles. The highest BCUT2D eigenvalue weighted by Crippen LogP contribution is 2.23. The van der Waals surface area contributed by atoms with Crippen LogP contribution in [0.25, 0.3) is 0 Å². The van der Waals surface area contributed by atoms with Crippen molar-refractivity contribution in [2.45, 2.75) is 64.5 Å². The van der Waals surface area contributed by atoms with E-state index in [0.29, 0.717) is 18.4 Å². The van der Waals surface area contributed by atoms with Crippen LogP contribution in [0.15, 0.2) is 24.5 Å². The topological polar surface area (TPSA) is 59.5 Å². The SMILES string of the molecule is CC(C)(C)OC(=O)CCC1CCCCN1C(=O)c1cccnc1. The number of ether oxygens (including phenoxy) is 1. The fourth-order valence-corrected chi connectivity index (χ4v) is 2.90. The largest absolute Gasteiger partial charge is 0.460 e. The van der Waals surface area contributed by atoms with Crippen LogP contribution in [0.4, 0.5) is 0 Å². The van der Waals surface area contributed by atoms with Gasteiger partial charge in [0.1, 0.15) is 5.60 Å². The molecule has 2 rings (SSSR count). The van der Waals surface area contributed by atoms with Crippen molar-refractivity contribution in [1.82, 2.24) is 9.88 Å². The predicted molar refractivity (Wildman–Crippen MR) is 88.0 cm³/mol. The lowest BCUT2D eigenvalue weighted by molar-refractivity contribution is -0.155. The molecule has 1 atom stereocenters. The summed E-state index contributed by atoms with van der Waals surface area (Å²) in [6.07, 6.45) is 7.30. The van der Waals surface area contributed by atoms with Gasteiger partial charge in [-0.3, -0.25) is 14.6 Å². The van der Waals surface area contributed by atoms with Crippen LogP contribution in [-0.4, -0.2) is 39.9 Å². The smallest absolute Gasteiger partial charge is 0.306 e. The number of nitrogens with zero attached hydrogens (tertiary/aromatic N) is 2. The first-order valence-corrected chi connectivity index (χ1v) is 8.29. The number of rotatable bonds is 4. The van der Waals surface area contributed by atoms with Crippen LogP contribution in [0.5, 0.6) is 0 Å². The zero-order chi connectivity index (χ0) is 16.9. The number of aromatic nitrogens is 1. The van der Waals surface area contributed by atoms with E-state index in [9.17, 15) is 9.59 Å². The molecular weight excluding hydrogens is 292 g/mol. The Hall–Kier alpha value is -1.91. The summed E-state index contributed by atoms with van der Waals surface area (Å²) in [5.41, 5.74) is 0.145. The fraction of sp³-hybridized carbons (Fsp3) is 0.611. The molecule has 126 valence electrons. The maximum atomic E-state index is 12.7. The van der Waals surface area contributed by atoms with E-state index in [0.717, 1.165) is 25.8 Å². The standard InChI is InChI=1S/C18H26N2O3/c1-18(2,3)23-16(21)10-9-15-8-4-5-12-20(15)17(22)14-7-6-11-19-13-14/h6-7,11,13,15H,4-5,8-10,12H2,1-3H3. The summed E-state index contributed by atoms with van der Waals surface area (Å²) in [6, 6.07) is 3.66. The van der Waals surface area contributed by atoms with E-state index in [1.165, 1.54) is 0 Å². The highest BCUT2D eigenvalue weighted by atomic mass is 16.6. The molecule has 0 spiro atoms. The second-order valence-corrected chi connectivity index (χ2v) is 7.01. The normalized spacial score (nSPS) is 18.6. The summed E-state index contributed by atoms with van der Waals surface area (Å²) >= 11 is 0. The minimum atomic E-state index is -0.463. The number of likely N-dealkylation sites (tertiary alicyclic amines) is 1. The number of hydrogen-bond acceptors (Lipinski definition) is 4. The minimum Gasteiger partial charge on any atom is -0.460 e. The fourth-order valence-electron chi connectivity index (χ4n) is 2.90. The Morgan fingerprint density at radius 3 is 2.78 bits per heavy atom. The number of carbonyl (C=O) groups is 2. The lowest BCUT2D eigenvalue weighted by Crippen LogP contribution is -2.44. The van der Waals surface area contributed by atoms with E-state index in [1.807, 2.05) is 25.7 Å². The molecule has 0 bridgehead atoms. The van der Waals surface area contributed by atoms with E-state index in [-0.39, 0.29) is 17.9 Å². The monoisotopic (exact) mass is 318 g/mol. The highest BCUT2D eigenvalue weighted by molar-refractivity contribution is 5.94. The van der Waals surface area contributed by atoms with Crippen LogP contribution in [0.3, 0.4) is 0 Å². The average molecular weight is 318 g/mol. The zero-order valence-electron chi connectivity index (χ0n) is 14.2. The van der Waals surface area contributed by atoms with E-state index in [1.54, 1.807) is 24.5 Å². The van der Waals surface area contributed by atoms with Gasteiger partial charge in [0.25, 0.3) is 5.91 Å². The second-order valence-electron chi connectivity index (χ2n) is 7.01. The molecule has 0 aromatic carbocycles. The van der Waals surface area contributed by atoms with Gasteiger partial charge < -0.3 is 9.64 Å². The molecule has 23 heavy (non-hydrogen) atoms. The number of carbonyl (C=O) groups excluding carboxylic acids is 2. The molecule has 1 fully saturated rings. The number of pyridine rings is 1. The Morgan fingerprint density at radius 2 is 2.13 bits per heavy atom. The first-order valence-electron chi connectivity index (χ1n) is 8.29. The predicted octanol–water partition coefficient (Wildman–Crippen LogP) is 3.20. The molecule has 0 saturated carbocycles. The van der Waals surface area contributed by atoms with E-state index < -0.39 is 5.60 Å². The van der Waals surface area contributed by atoms with Gasteiger partial charge >= 0.3 is 5.97 Å². The highest BCUT2D eigenvalue weighted by Gasteiger charge is 2.28. The van der Waals surface area contributed by atoms with Crippen molar-refractivity contribution in [2.24, 2.45) is 0 Å². The van der Waals surface area contributed by atoms with Crippen LogP contribution in [0.1, 0.15) is 63.2 Å². The molecule has 1 aliphatic rings. The molecule has 1 aromatic rings. The van der Waals surface area contributed by atoms with Gasteiger partial charge in [-0.1, -0.05) is 0 Å². The molecule has 5 nitrogen and oxygen atoms in total. The quantitative estimate of drug-likeness (QED) is 0.800. The first kappa shape index (κ1) is 17.4. The van der Waals surface area contributed by atoms with Crippen LogP contribution < -0.4 is 0 Å². The third-order valence-electron chi connectivity index (χ3n) is 3.90. The van der Waals surface area contributed by atoms with Gasteiger partial charge in [0.15, 0.2) is 0 Å².